The predicted octanol–water partition coefficient (Wildman–Crippen LogP) is 7.56. The van der Waals surface area contributed by atoms with Crippen molar-refractivity contribution in [2.75, 3.05) is 27.2 Å². The second-order valence-electron chi connectivity index (χ2n) is 7.07. The van der Waals surface area contributed by atoms with Crippen LogP contribution in [0.25, 0.3) is 0 Å². The number of hydrogen-bond donors (Lipinski definition) is 2. The van der Waals surface area contributed by atoms with Crippen LogP contribution in [0.3, 0.4) is 0 Å². The summed E-state index contributed by atoms with van der Waals surface area (Å²) >= 11 is 1.47. The number of thioether (sulfide) groups is 1. The summed E-state index contributed by atoms with van der Waals surface area (Å²) in [5.74, 6) is 0.871. The van der Waals surface area contributed by atoms with Gasteiger partial charge in [0.05, 0.1) is 12.0 Å². The van der Waals surface area contributed by atoms with E-state index >= 15 is 0 Å². The van der Waals surface area contributed by atoms with Gasteiger partial charge in [-0.15, -0.1) is 0 Å². The second kappa shape index (κ2) is 26.9. The highest BCUT2D eigenvalue weighted by Gasteiger charge is 2.06. The zero-order valence-electron chi connectivity index (χ0n) is 23.1. The molecule has 1 unspecified atom stereocenters. The van der Waals surface area contributed by atoms with E-state index < -0.39 is 10.0 Å². The van der Waals surface area contributed by atoms with Crippen LogP contribution in [0.1, 0.15) is 40.5 Å². The van der Waals surface area contributed by atoms with Gasteiger partial charge in [0.2, 0.25) is 0 Å². The fourth-order valence-corrected chi connectivity index (χ4v) is 4.69. The van der Waals surface area contributed by atoms with Crippen molar-refractivity contribution < 1.29 is 13.7 Å². The van der Waals surface area contributed by atoms with Gasteiger partial charge >= 0.3 is 0 Å². The number of benzene rings is 1. The Morgan fingerprint density at radius 1 is 1.16 bits per heavy atom. The third kappa shape index (κ3) is 22.8. The van der Waals surface area contributed by atoms with E-state index in [0.717, 1.165) is 34.2 Å². The number of methoxy groups -OCH3 is 1. The minimum absolute atomic E-state index is 0.0651. The van der Waals surface area contributed by atoms with Gasteiger partial charge in [-0.1, -0.05) is 81.3 Å². The molecule has 8 heteroatoms. The number of Topliss-reactive ketones (excluding diaryl/α,β-unsaturated/α-hetero) is 1. The minimum Gasteiger partial charge on any atom is -0.497 e. The highest BCUT2D eigenvalue weighted by Crippen LogP contribution is 2.29. The van der Waals surface area contributed by atoms with Crippen LogP contribution in [0.4, 0.5) is 0 Å². The molecule has 0 aliphatic heterocycles. The molecule has 1 aromatic carbocycles. The molecule has 1 atom stereocenters. The Labute approximate surface area is 235 Å². The van der Waals surface area contributed by atoms with Crippen LogP contribution in [0.15, 0.2) is 101 Å². The van der Waals surface area contributed by atoms with Gasteiger partial charge in [-0.2, -0.15) is 0 Å². The molecule has 206 valence electrons. The van der Waals surface area contributed by atoms with Gasteiger partial charge in [-0.05, 0) is 86.3 Å². The van der Waals surface area contributed by atoms with E-state index in [9.17, 15) is 9.00 Å². The fourth-order valence-electron chi connectivity index (χ4n) is 2.22. The number of ether oxygens (including phenoxy) is 1. The summed E-state index contributed by atoms with van der Waals surface area (Å²) in [6, 6.07) is 7.68. The molecule has 0 aliphatic rings. The maximum Gasteiger partial charge on any atom is 0.166 e. The van der Waals surface area contributed by atoms with Crippen LogP contribution in [0.2, 0.25) is 0 Å². The zero-order chi connectivity index (χ0) is 28.3. The van der Waals surface area contributed by atoms with E-state index in [1.165, 1.54) is 29.0 Å². The Kier molecular flexibility index (Phi) is 27.0. The standard InChI is InChI=1S/C19H22O2S.C6H11NOS2.C4H11N/c1-5-7-8-16(6-2)9-14-19(15(3)20)22-18-12-10-17(21-4)11-13-18;1-3-5-6-9-10(8)7-4-2;1-3-4-5-2/h5-8,10-14H,2,9H2,1,3-4H3;3,5-7H,1,4H2,2H3;5H,3-4H2,1-2H3/b7-5-,16-8+,19-14+;6-5-;. The molecular weight excluding hydrogens is 521 g/mol. The molecule has 0 aromatic heterocycles. The summed E-state index contributed by atoms with van der Waals surface area (Å²) in [6.07, 6.45) is 15.0. The average Bonchev–Trinajstić information content (AvgIpc) is 2.90. The van der Waals surface area contributed by atoms with Gasteiger partial charge in [0.15, 0.2) is 15.8 Å². The SMILES string of the molecule is C=C/C(=C\C=C/C)C/C=C(/Sc1ccc(OC)cc1)C(C)=O.C=C/C=C\SS(=O)NCC.CCCNC. The molecule has 0 saturated heterocycles. The smallest absolute Gasteiger partial charge is 0.166 e. The van der Waals surface area contributed by atoms with Crippen molar-refractivity contribution in [2.24, 2.45) is 0 Å². The fraction of sp³-hybridized carbons (Fsp3) is 0.345. The van der Waals surface area contributed by atoms with Crippen molar-refractivity contribution in [3.63, 3.8) is 0 Å². The van der Waals surface area contributed by atoms with Gasteiger partial charge in [0.25, 0.3) is 0 Å². The van der Waals surface area contributed by atoms with Crippen molar-refractivity contribution >= 4 is 38.4 Å². The van der Waals surface area contributed by atoms with Crippen LogP contribution in [-0.2, 0) is 14.8 Å². The molecule has 0 aliphatic carbocycles. The Morgan fingerprint density at radius 2 is 1.84 bits per heavy atom. The normalized spacial score (nSPS) is 12.3. The predicted molar refractivity (Wildman–Crippen MR) is 168 cm³/mol. The highest BCUT2D eigenvalue weighted by molar-refractivity contribution is 8.69. The molecule has 0 radical (unpaired) electrons. The monoisotopic (exact) mass is 564 g/mol. The van der Waals surface area contributed by atoms with Gasteiger partial charge in [0.1, 0.15) is 5.75 Å². The van der Waals surface area contributed by atoms with Crippen molar-refractivity contribution in [1.29, 1.82) is 0 Å². The van der Waals surface area contributed by atoms with E-state index in [2.05, 4.69) is 30.1 Å². The summed E-state index contributed by atoms with van der Waals surface area (Å²) in [7, 11) is 3.84. The molecule has 1 rings (SSSR count). The molecule has 1 aromatic rings. The first kappa shape index (κ1) is 37.1. The molecule has 2 N–H and O–H groups in total. The first-order valence-corrected chi connectivity index (χ1v) is 15.4. The Hall–Kier alpha value is -2.10. The Morgan fingerprint density at radius 3 is 2.27 bits per heavy atom. The summed E-state index contributed by atoms with van der Waals surface area (Å²) in [5, 5.41) is 4.76. The largest absolute Gasteiger partial charge is 0.497 e. The van der Waals surface area contributed by atoms with Crippen molar-refractivity contribution in [3.8, 4) is 5.75 Å². The van der Waals surface area contributed by atoms with Gasteiger partial charge < -0.3 is 10.1 Å². The zero-order valence-corrected chi connectivity index (χ0v) is 25.6. The van der Waals surface area contributed by atoms with E-state index in [1.807, 2.05) is 75.5 Å². The molecule has 0 heterocycles. The number of nitrogens with one attached hydrogen (secondary N) is 2. The number of carbonyl (C=O) groups excluding carboxylic acids is 1. The van der Waals surface area contributed by atoms with Crippen LogP contribution in [-0.4, -0.2) is 37.2 Å². The third-order valence-electron chi connectivity index (χ3n) is 4.04. The molecule has 0 fully saturated rings. The maximum atomic E-state index is 11.8. The topological polar surface area (TPSA) is 67.4 Å². The van der Waals surface area contributed by atoms with Crippen LogP contribution < -0.4 is 14.8 Å². The van der Waals surface area contributed by atoms with E-state index in [4.69, 9.17) is 4.74 Å². The lowest BCUT2D eigenvalue weighted by molar-refractivity contribution is -0.112. The van der Waals surface area contributed by atoms with Crippen LogP contribution >= 0.6 is 22.6 Å². The average molecular weight is 565 g/mol. The number of carbonyl (C=O) groups is 1. The van der Waals surface area contributed by atoms with Gasteiger partial charge in [-0.25, -0.2) is 8.93 Å². The molecule has 37 heavy (non-hydrogen) atoms. The maximum absolute atomic E-state index is 11.8. The molecule has 0 bridgehead atoms. The lowest BCUT2D eigenvalue weighted by atomic mass is 10.1. The molecule has 0 spiro atoms. The summed E-state index contributed by atoms with van der Waals surface area (Å²) in [5.41, 5.74) is 1.08. The first-order valence-electron chi connectivity index (χ1n) is 12.0. The van der Waals surface area contributed by atoms with E-state index in [1.54, 1.807) is 31.6 Å². The van der Waals surface area contributed by atoms with E-state index in [-0.39, 0.29) is 5.78 Å². The molecule has 0 amide bonds. The van der Waals surface area contributed by atoms with Gasteiger partial charge in [0, 0.05) is 11.4 Å². The summed E-state index contributed by atoms with van der Waals surface area (Å²) in [6.45, 7) is 16.8. The number of rotatable bonds is 15. The second-order valence-corrected chi connectivity index (χ2v) is 10.9. The van der Waals surface area contributed by atoms with Crippen molar-refractivity contribution in [2.45, 2.75) is 45.4 Å². The van der Waals surface area contributed by atoms with Crippen molar-refractivity contribution in [3.05, 3.63) is 95.8 Å². The lowest BCUT2D eigenvalue weighted by Gasteiger charge is -2.06. The number of hydrogen-bond acceptors (Lipinski definition) is 6. The summed E-state index contributed by atoms with van der Waals surface area (Å²) < 4.78 is 18.7. The van der Waals surface area contributed by atoms with Gasteiger partial charge in [-0.3, -0.25) is 4.79 Å². The summed E-state index contributed by atoms with van der Waals surface area (Å²) in [4.78, 5) is 13.6. The minimum atomic E-state index is -0.989. The number of ketones is 1. The van der Waals surface area contributed by atoms with Crippen LogP contribution in [0.5, 0.6) is 5.75 Å². The van der Waals surface area contributed by atoms with Crippen molar-refractivity contribution in [1.82, 2.24) is 10.0 Å². The highest BCUT2D eigenvalue weighted by atomic mass is 33.1. The number of allylic oxidation sites excluding steroid dienone is 9. The Balaban J connectivity index is 0. The molecule has 5 nitrogen and oxygen atoms in total. The molecule has 0 saturated carbocycles. The van der Waals surface area contributed by atoms with E-state index in [0.29, 0.717) is 6.42 Å². The Bertz CT molecular complexity index is 903. The third-order valence-corrected chi connectivity index (χ3v) is 7.40. The molecular formula is C29H44N2O3S3. The van der Waals surface area contributed by atoms with Crippen LogP contribution in [0, 0.1) is 0 Å². The first-order chi connectivity index (χ1) is 17.8. The lowest BCUT2D eigenvalue weighted by Crippen LogP contribution is -2.11. The quantitative estimate of drug-likeness (QED) is 0.0992.